The van der Waals surface area contributed by atoms with Crippen LogP contribution in [-0.2, 0) is 0 Å². The molecular formula is C25H34F2O. The second-order valence-corrected chi connectivity index (χ2v) is 9.43. The Labute approximate surface area is 168 Å². The van der Waals surface area contributed by atoms with Gasteiger partial charge in [-0.15, -0.1) is 6.58 Å². The molecule has 154 valence electrons. The summed E-state index contributed by atoms with van der Waals surface area (Å²) in [5, 5.41) is 0. The fraction of sp³-hybridized carbons (Fsp3) is 0.680. The van der Waals surface area contributed by atoms with E-state index < -0.39 is 6.61 Å². The van der Waals surface area contributed by atoms with Crippen LogP contribution in [0.3, 0.4) is 0 Å². The Kier molecular flexibility index (Phi) is 6.38. The molecule has 3 fully saturated rings. The zero-order valence-corrected chi connectivity index (χ0v) is 16.9. The van der Waals surface area contributed by atoms with Gasteiger partial charge < -0.3 is 4.74 Å². The molecule has 28 heavy (non-hydrogen) atoms. The number of hydrogen-bond acceptors (Lipinski definition) is 1. The first kappa shape index (κ1) is 19.9. The van der Waals surface area contributed by atoms with Gasteiger partial charge in [0, 0.05) is 0 Å². The number of allylic oxidation sites excluding steroid dienone is 1. The second kappa shape index (κ2) is 8.97. The van der Waals surface area contributed by atoms with Crippen molar-refractivity contribution in [1.29, 1.82) is 0 Å². The highest BCUT2D eigenvalue weighted by Gasteiger charge is 2.44. The highest BCUT2D eigenvalue weighted by atomic mass is 19.3. The molecule has 3 saturated carbocycles. The van der Waals surface area contributed by atoms with Gasteiger partial charge in [-0.05, 0) is 111 Å². The Hall–Kier alpha value is -1.38. The van der Waals surface area contributed by atoms with Gasteiger partial charge >= 0.3 is 6.61 Å². The minimum atomic E-state index is -2.75. The van der Waals surface area contributed by atoms with Crippen LogP contribution in [0.25, 0.3) is 0 Å². The van der Waals surface area contributed by atoms with Crippen LogP contribution in [0.15, 0.2) is 36.9 Å². The molecule has 0 bridgehead atoms. The number of alkyl halides is 2. The molecule has 1 aromatic carbocycles. The molecule has 0 N–H and O–H groups in total. The maximum Gasteiger partial charge on any atom is 0.387 e. The first-order valence-electron chi connectivity index (χ1n) is 11.3. The van der Waals surface area contributed by atoms with Crippen LogP contribution < -0.4 is 4.74 Å². The van der Waals surface area contributed by atoms with E-state index in [1.807, 2.05) is 12.1 Å². The Balaban J connectivity index is 1.34. The van der Waals surface area contributed by atoms with Crippen molar-refractivity contribution in [1.82, 2.24) is 0 Å². The molecule has 3 heteroatoms. The molecule has 0 aromatic heterocycles. The fourth-order valence-corrected chi connectivity index (χ4v) is 6.73. The van der Waals surface area contributed by atoms with Gasteiger partial charge in [-0.25, -0.2) is 0 Å². The van der Waals surface area contributed by atoms with Gasteiger partial charge in [0.05, 0.1) is 0 Å². The van der Waals surface area contributed by atoms with Crippen LogP contribution in [0.5, 0.6) is 5.75 Å². The van der Waals surface area contributed by atoms with E-state index in [0.717, 1.165) is 29.6 Å². The van der Waals surface area contributed by atoms with Crippen molar-refractivity contribution in [3.05, 3.63) is 42.5 Å². The van der Waals surface area contributed by atoms with Crippen molar-refractivity contribution in [2.24, 2.45) is 29.6 Å². The smallest absolute Gasteiger partial charge is 0.387 e. The Morgan fingerprint density at radius 2 is 1.61 bits per heavy atom. The third kappa shape index (κ3) is 4.44. The van der Waals surface area contributed by atoms with Crippen LogP contribution >= 0.6 is 0 Å². The summed E-state index contributed by atoms with van der Waals surface area (Å²) in [6.45, 7) is 1.14. The molecular weight excluding hydrogens is 354 g/mol. The molecule has 0 heterocycles. The zero-order valence-electron chi connectivity index (χ0n) is 16.9. The summed E-state index contributed by atoms with van der Waals surface area (Å²) in [6.07, 6.45) is 15.6. The molecule has 0 radical (unpaired) electrons. The number of halogens is 2. The van der Waals surface area contributed by atoms with Gasteiger partial charge in [-0.2, -0.15) is 8.78 Å². The molecule has 1 aromatic rings. The molecule has 6 unspecified atom stereocenters. The summed E-state index contributed by atoms with van der Waals surface area (Å²) >= 11 is 0. The predicted octanol–water partition coefficient (Wildman–Crippen LogP) is 7.58. The number of benzene rings is 1. The average molecular weight is 389 g/mol. The molecule has 3 aliphatic rings. The highest BCUT2D eigenvalue weighted by Crippen LogP contribution is 2.55. The van der Waals surface area contributed by atoms with Crippen LogP contribution in [0.2, 0.25) is 0 Å². The zero-order chi connectivity index (χ0) is 19.5. The van der Waals surface area contributed by atoms with Gasteiger partial charge in [0.15, 0.2) is 0 Å². The third-order valence-corrected chi connectivity index (χ3v) is 8.00. The standard InChI is InChI=1S/C25H34F2O/c1-2-3-4-17-5-13-23-20(15-17)6-7-21-16-19(10-14-24(21)23)18-8-11-22(12-9-18)28-25(26)27/h2,8-9,11-12,17,19-21,23-25H,1,3-7,10,13-16H2. The molecule has 4 rings (SSSR count). The summed E-state index contributed by atoms with van der Waals surface area (Å²) < 4.78 is 29.2. The van der Waals surface area contributed by atoms with E-state index in [1.54, 1.807) is 12.1 Å². The largest absolute Gasteiger partial charge is 0.435 e. The van der Waals surface area contributed by atoms with Crippen LogP contribution in [0, 0.1) is 29.6 Å². The van der Waals surface area contributed by atoms with Gasteiger partial charge in [-0.1, -0.05) is 24.6 Å². The fourth-order valence-electron chi connectivity index (χ4n) is 6.73. The van der Waals surface area contributed by atoms with E-state index in [9.17, 15) is 8.78 Å². The first-order valence-corrected chi connectivity index (χ1v) is 11.3. The molecule has 3 aliphatic carbocycles. The van der Waals surface area contributed by atoms with E-state index in [-0.39, 0.29) is 5.75 Å². The van der Waals surface area contributed by atoms with Crippen molar-refractivity contribution in [3.8, 4) is 5.75 Å². The number of hydrogen-bond donors (Lipinski definition) is 0. The maximum atomic E-state index is 12.4. The average Bonchev–Trinajstić information content (AvgIpc) is 2.71. The minimum absolute atomic E-state index is 0.265. The first-order chi connectivity index (χ1) is 13.6. The highest BCUT2D eigenvalue weighted by molar-refractivity contribution is 5.30. The monoisotopic (exact) mass is 388 g/mol. The van der Waals surface area contributed by atoms with Gasteiger partial charge in [-0.3, -0.25) is 0 Å². The Morgan fingerprint density at radius 3 is 2.29 bits per heavy atom. The predicted molar refractivity (Wildman–Crippen MR) is 110 cm³/mol. The summed E-state index contributed by atoms with van der Waals surface area (Å²) in [4.78, 5) is 0. The van der Waals surface area contributed by atoms with E-state index in [0.29, 0.717) is 5.92 Å². The SMILES string of the molecule is C=CCCC1CCC2C(CCC3CC(c4ccc(OC(F)F)cc4)CCC32)C1. The molecule has 0 saturated heterocycles. The van der Waals surface area contributed by atoms with E-state index >= 15 is 0 Å². The molecule has 0 spiro atoms. The Bertz CT molecular complexity index is 640. The van der Waals surface area contributed by atoms with Crippen molar-refractivity contribution in [2.45, 2.75) is 76.7 Å². The van der Waals surface area contributed by atoms with Crippen LogP contribution in [-0.4, -0.2) is 6.61 Å². The van der Waals surface area contributed by atoms with Gasteiger partial charge in [0.2, 0.25) is 0 Å². The normalized spacial score (nSPS) is 35.1. The number of rotatable bonds is 6. The van der Waals surface area contributed by atoms with Gasteiger partial charge in [0.25, 0.3) is 0 Å². The summed E-state index contributed by atoms with van der Waals surface area (Å²) in [7, 11) is 0. The molecule has 1 nitrogen and oxygen atoms in total. The summed E-state index contributed by atoms with van der Waals surface area (Å²) in [6, 6.07) is 7.41. The maximum absolute atomic E-state index is 12.4. The van der Waals surface area contributed by atoms with Crippen molar-refractivity contribution < 1.29 is 13.5 Å². The lowest BCUT2D eigenvalue weighted by Gasteiger charge is -2.51. The quantitative estimate of drug-likeness (QED) is 0.456. The topological polar surface area (TPSA) is 9.23 Å². The van der Waals surface area contributed by atoms with E-state index in [2.05, 4.69) is 17.4 Å². The Morgan fingerprint density at radius 1 is 0.929 bits per heavy atom. The number of ether oxygens (including phenoxy) is 1. The molecule has 6 atom stereocenters. The summed E-state index contributed by atoms with van der Waals surface area (Å²) in [5.74, 6) is 5.50. The third-order valence-electron chi connectivity index (χ3n) is 8.00. The van der Waals surface area contributed by atoms with Crippen LogP contribution in [0.1, 0.15) is 75.7 Å². The van der Waals surface area contributed by atoms with E-state index in [1.165, 1.54) is 69.8 Å². The van der Waals surface area contributed by atoms with Crippen molar-refractivity contribution >= 4 is 0 Å². The summed E-state index contributed by atoms with van der Waals surface area (Å²) in [5.41, 5.74) is 1.30. The van der Waals surface area contributed by atoms with Crippen molar-refractivity contribution in [3.63, 3.8) is 0 Å². The minimum Gasteiger partial charge on any atom is -0.435 e. The van der Waals surface area contributed by atoms with Gasteiger partial charge in [0.1, 0.15) is 5.75 Å². The molecule has 0 aliphatic heterocycles. The lowest BCUT2D eigenvalue weighted by Crippen LogP contribution is -2.41. The van der Waals surface area contributed by atoms with E-state index in [4.69, 9.17) is 0 Å². The number of fused-ring (bicyclic) bond motifs is 3. The van der Waals surface area contributed by atoms with Crippen molar-refractivity contribution in [2.75, 3.05) is 0 Å². The lowest BCUT2D eigenvalue weighted by atomic mass is 9.55. The second-order valence-electron chi connectivity index (χ2n) is 9.43. The molecule has 0 amide bonds. The van der Waals surface area contributed by atoms with Crippen LogP contribution in [0.4, 0.5) is 8.78 Å². The lowest BCUT2D eigenvalue weighted by molar-refractivity contribution is -0.0498.